The molecule has 0 heterocycles. The maximum Gasteiger partial charge on any atom is 0.319 e. The first-order valence-corrected chi connectivity index (χ1v) is 5.97. The van der Waals surface area contributed by atoms with Gasteiger partial charge < -0.3 is 14.6 Å². The average molecular weight is 247 g/mol. The Kier molecular flexibility index (Phi) is 8.12. The lowest BCUT2D eigenvalue weighted by molar-refractivity contribution is -0.143. The van der Waals surface area contributed by atoms with E-state index in [9.17, 15) is 9.90 Å². The van der Waals surface area contributed by atoms with Crippen LogP contribution in [0.2, 0.25) is 0 Å². The van der Waals surface area contributed by atoms with E-state index < -0.39 is 6.10 Å². The quantitative estimate of drug-likeness (QED) is 0.638. The summed E-state index contributed by atoms with van der Waals surface area (Å²) in [4.78, 5) is 13.1. The second-order valence-corrected chi connectivity index (χ2v) is 4.64. The van der Waals surface area contributed by atoms with E-state index >= 15 is 0 Å². The number of carbonyl (C=O) groups is 1. The van der Waals surface area contributed by atoms with E-state index in [0.29, 0.717) is 6.54 Å². The van der Waals surface area contributed by atoms with Crippen LogP contribution in [0.5, 0.6) is 0 Å². The highest BCUT2D eigenvalue weighted by Crippen LogP contribution is 2.02. The lowest BCUT2D eigenvalue weighted by atomic mass is 10.2. The Labute approximate surface area is 104 Å². The van der Waals surface area contributed by atoms with E-state index in [1.807, 2.05) is 32.6 Å². The van der Waals surface area contributed by atoms with Gasteiger partial charge in [0, 0.05) is 12.6 Å². The van der Waals surface area contributed by atoms with Crippen molar-refractivity contribution in [3.63, 3.8) is 0 Å². The van der Waals surface area contributed by atoms with Gasteiger partial charge in [-0.15, -0.1) is 0 Å². The van der Waals surface area contributed by atoms with Gasteiger partial charge in [-0.05, 0) is 27.7 Å². The minimum atomic E-state index is -0.593. The molecule has 0 spiro atoms. The molecule has 1 unspecified atom stereocenters. The molecule has 102 valence electrons. The molecule has 0 amide bonds. The summed E-state index contributed by atoms with van der Waals surface area (Å²) in [5, 5.41) is 9.78. The van der Waals surface area contributed by atoms with Gasteiger partial charge >= 0.3 is 5.97 Å². The van der Waals surface area contributed by atoms with Gasteiger partial charge in [0.2, 0.25) is 0 Å². The number of esters is 1. The number of aliphatic hydroxyl groups is 1. The first-order valence-electron chi connectivity index (χ1n) is 5.97. The number of hydrogen-bond donors (Lipinski definition) is 1. The third kappa shape index (κ3) is 8.12. The molecule has 17 heavy (non-hydrogen) atoms. The third-order valence-corrected chi connectivity index (χ3v) is 2.36. The normalized spacial score (nSPS) is 13.5. The lowest BCUT2D eigenvalue weighted by Crippen LogP contribution is -2.42. The summed E-state index contributed by atoms with van der Waals surface area (Å²) in [5.74, 6) is -0.296. The van der Waals surface area contributed by atoms with Crippen LogP contribution < -0.4 is 0 Å². The van der Waals surface area contributed by atoms with E-state index in [1.54, 1.807) is 0 Å². The summed E-state index contributed by atoms with van der Waals surface area (Å²) in [7, 11) is 1.36. The standard InChI is InChI=1S/C12H25NO4/c1-9(2)13(7-12(15)16-5)6-11(14)8-17-10(3)4/h9-11,14H,6-8H2,1-5H3. The van der Waals surface area contributed by atoms with Crippen LogP contribution in [-0.4, -0.2) is 61.0 Å². The maximum atomic E-state index is 11.2. The Hall–Kier alpha value is -0.650. The van der Waals surface area contributed by atoms with Gasteiger partial charge in [-0.2, -0.15) is 0 Å². The Morgan fingerprint density at radius 3 is 2.29 bits per heavy atom. The summed E-state index contributed by atoms with van der Waals surface area (Å²) < 4.78 is 9.94. The number of methoxy groups -OCH3 is 1. The SMILES string of the molecule is COC(=O)CN(CC(O)COC(C)C)C(C)C. The zero-order valence-electron chi connectivity index (χ0n) is 11.5. The molecule has 0 aromatic heterocycles. The van der Waals surface area contributed by atoms with Crippen molar-refractivity contribution in [2.75, 3.05) is 26.8 Å². The number of hydrogen-bond acceptors (Lipinski definition) is 5. The van der Waals surface area contributed by atoms with Gasteiger partial charge in [-0.3, -0.25) is 9.69 Å². The average Bonchev–Trinajstić information content (AvgIpc) is 2.25. The predicted molar refractivity (Wildman–Crippen MR) is 65.8 cm³/mol. The van der Waals surface area contributed by atoms with E-state index in [2.05, 4.69) is 4.74 Å². The molecule has 0 fully saturated rings. The molecule has 0 saturated carbocycles. The van der Waals surface area contributed by atoms with Crippen molar-refractivity contribution in [2.45, 2.75) is 45.9 Å². The Bertz CT molecular complexity index is 219. The summed E-state index contributed by atoms with van der Waals surface area (Å²) in [5.41, 5.74) is 0. The second-order valence-electron chi connectivity index (χ2n) is 4.64. The van der Waals surface area contributed by atoms with Crippen LogP contribution >= 0.6 is 0 Å². The number of nitrogens with zero attached hydrogens (tertiary/aromatic N) is 1. The largest absolute Gasteiger partial charge is 0.468 e. The zero-order valence-corrected chi connectivity index (χ0v) is 11.5. The summed E-state index contributed by atoms with van der Waals surface area (Å²) in [6.07, 6.45) is -0.498. The van der Waals surface area contributed by atoms with Gasteiger partial charge in [0.15, 0.2) is 0 Å². The molecule has 0 rings (SSSR count). The van der Waals surface area contributed by atoms with Crippen molar-refractivity contribution < 1.29 is 19.4 Å². The van der Waals surface area contributed by atoms with Crippen LogP contribution in [0.15, 0.2) is 0 Å². The fourth-order valence-electron chi connectivity index (χ4n) is 1.32. The van der Waals surface area contributed by atoms with E-state index in [1.165, 1.54) is 7.11 Å². The minimum absolute atomic E-state index is 0.0951. The fourth-order valence-corrected chi connectivity index (χ4v) is 1.32. The van der Waals surface area contributed by atoms with Crippen LogP contribution in [0.25, 0.3) is 0 Å². The molecule has 1 atom stereocenters. The van der Waals surface area contributed by atoms with Crippen LogP contribution in [0.3, 0.4) is 0 Å². The number of carbonyl (C=O) groups excluding carboxylic acids is 1. The maximum absolute atomic E-state index is 11.2. The molecular weight excluding hydrogens is 222 g/mol. The predicted octanol–water partition coefficient (Wildman–Crippen LogP) is 0.656. The lowest BCUT2D eigenvalue weighted by Gasteiger charge is -2.27. The third-order valence-electron chi connectivity index (χ3n) is 2.36. The van der Waals surface area contributed by atoms with Gasteiger partial charge in [-0.1, -0.05) is 0 Å². The van der Waals surface area contributed by atoms with Crippen LogP contribution in [0, 0.1) is 0 Å². The van der Waals surface area contributed by atoms with Gasteiger partial charge in [-0.25, -0.2) is 0 Å². The molecule has 5 heteroatoms. The van der Waals surface area contributed by atoms with Crippen LogP contribution in [-0.2, 0) is 14.3 Å². The molecule has 0 aliphatic carbocycles. The van der Waals surface area contributed by atoms with E-state index in [4.69, 9.17) is 4.74 Å². The number of rotatable bonds is 8. The van der Waals surface area contributed by atoms with Gasteiger partial charge in [0.1, 0.15) is 0 Å². The second kappa shape index (κ2) is 8.44. The minimum Gasteiger partial charge on any atom is -0.468 e. The number of ether oxygens (including phenoxy) is 2. The van der Waals surface area contributed by atoms with Crippen molar-refractivity contribution >= 4 is 5.97 Å². The highest BCUT2D eigenvalue weighted by atomic mass is 16.5. The Morgan fingerprint density at radius 1 is 1.29 bits per heavy atom. The molecule has 5 nitrogen and oxygen atoms in total. The number of aliphatic hydroxyl groups excluding tert-OH is 1. The van der Waals surface area contributed by atoms with Crippen LogP contribution in [0.1, 0.15) is 27.7 Å². The molecule has 0 saturated heterocycles. The molecule has 0 aromatic carbocycles. The first-order chi connectivity index (χ1) is 7.86. The summed E-state index contributed by atoms with van der Waals surface area (Å²) in [6.45, 7) is 8.65. The van der Waals surface area contributed by atoms with Gasteiger partial charge in [0.25, 0.3) is 0 Å². The van der Waals surface area contributed by atoms with Crippen molar-refractivity contribution in [3.8, 4) is 0 Å². The topological polar surface area (TPSA) is 59.0 Å². The smallest absolute Gasteiger partial charge is 0.319 e. The highest BCUT2D eigenvalue weighted by molar-refractivity contribution is 5.71. The van der Waals surface area contributed by atoms with E-state index in [-0.39, 0.29) is 31.3 Å². The molecule has 0 radical (unpaired) electrons. The fraction of sp³-hybridized carbons (Fsp3) is 0.917. The molecular formula is C12H25NO4. The van der Waals surface area contributed by atoms with Gasteiger partial charge in [0.05, 0.1) is 32.5 Å². The van der Waals surface area contributed by atoms with Crippen LogP contribution in [0.4, 0.5) is 0 Å². The first kappa shape index (κ1) is 16.4. The Morgan fingerprint density at radius 2 is 1.88 bits per heavy atom. The van der Waals surface area contributed by atoms with Crippen molar-refractivity contribution in [2.24, 2.45) is 0 Å². The van der Waals surface area contributed by atoms with Crippen molar-refractivity contribution in [1.29, 1.82) is 0 Å². The Balaban J connectivity index is 4.10. The highest BCUT2D eigenvalue weighted by Gasteiger charge is 2.18. The van der Waals surface area contributed by atoms with E-state index in [0.717, 1.165) is 0 Å². The molecule has 0 aromatic rings. The monoisotopic (exact) mass is 247 g/mol. The molecule has 0 bridgehead atoms. The molecule has 0 aliphatic rings. The summed E-state index contributed by atoms with van der Waals surface area (Å²) >= 11 is 0. The van der Waals surface area contributed by atoms with Crippen molar-refractivity contribution in [3.05, 3.63) is 0 Å². The molecule has 1 N–H and O–H groups in total. The molecule has 0 aliphatic heterocycles. The van der Waals surface area contributed by atoms with Crippen molar-refractivity contribution in [1.82, 2.24) is 4.90 Å². The zero-order chi connectivity index (χ0) is 13.4. The summed E-state index contributed by atoms with van der Waals surface area (Å²) in [6, 6.07) is 0.169.